The smallest absolute Gasteiger partial charge is 0.157 e. The minimum Gasteiger partial charge on any atom is -0.493 e. The average Bonchev–Trinajstić information content (AvgIpc) is 3.64. The second kappa shape index (κ2) is 13.4. The van der Waals surface area contributed by atoms with Crippen molar-refractivity contribution in [2.45, 2.75) is 51.9 Å². The van der Waals surface area contributed by atoms with E-state index in [1.807, 2.05) is 0 Å². The van der Waals surface area contributed by atoms with Crippen LogP contribution in [0.1, 0.15) is 51.0 Å². The number of benzene rings is 1. The van der Waals surface area contributed by atoms with E-state index >= 15 is 0 Å². The number of methoxy groups -OCH3 is 1. The SMILES string of the molecule is C=N/C=C(\C=N/N1CCC(C2CC2CCOc2cc(F)c(CCN3CC(CCC)C3)c(F)c2)CC1)OC. The summed E-state index contributed by atoms with van der Waals surface area (Å²) in [5, 5.41) is 6.57. The molecular weight excluding hydrogens is 474 g/mol. The van der Waals surface area contributed by atoms with Gasteiger partial charge in [0, 0.05) is 50.4 Å². The van der Waals surface area contributed by atoms with Crippen LogP contribution >= 0.6 is 0 Å². The van der Waals surface area contributed by atoms with Gasteiger partial charge in [0.15, 0.2) is 5.76 Å². The predicted octanol–water partition coefficient (Wildman–Crippen LogP) is 5.53. The molecule has 0 spiro atoms. The third kappa shape index (κ3) is 7.76. The van der Waals surface area contributed by atoms with Crippen LogP contribution in [-0.4, -0.2) is 69.3 Å². The Labute approximate surface area is 220 Å². The normalized spacial score (nSPS) is 23.4. The lowest BCUT2D eigenvalue weighted by atomic mass is 9.91. The van der Waals surface area contributed by atoms with Gasteiger partial charge >= 0.3 is 0 Å². The van der Waals surface area contributed by atoms with Crippen LogP contribution in [0.15, 0.2) is 34.2 Å². The highest BCUT2D eigenvalue weighted by Crippen LogP contribution is 2.49. The van der Waals surface area contributed by atoms with Crippen molar-refractivity contribution in [1.82, 2.24) is 9.91 Å². The molecule has 204 valence electrons. The molecule has 2 aliphatic heterocycles. The van der Waals surface area contributed by atoms with Crippen LogP contribution in [0, 0.1) is 35.3 Å². The van der Waals surface area contributed by atoms with E-state index in [2.05, 4.69) is 33.6 Å². The molecule has 2 saturated heterocycles. The van der Waals surface area contributed by atoms with E-state index in [-0.39, 0.29) is 5.56 Å². The first-order chi connectivity index (χ1) is 18.0. The van der Waals surface area contributed by atoms with Gasteiger partial charge in [-0.3, -0.25) is 10.0 Å². The van der Waals surface area contributed by atoms with Crippen LogP contribution in [0.3, 0.4) is 0 Å². The molecule has 3 aliphatic rings. The summed E-state index contributed by atoms with van der Waals surface area (Å²) in [6, 6.07) is 2.70. The Bertz CT molecular complexity index is 932. The monoisotopic (exact) mass is 516 g/mol. The molecule has 1 aromatic rings. The van der Waals surface area contributed by atoms with Crippen molar-refractivity contribution in [3.05, 3.63) is 41.3 Å². The van der Waals surface area contributed by atoms with E-state index < -0.39 is 11.6 Å². The van der Waals surface area contributed by atoms with Gasteiger partial charge in [0.25, 0.3) is 0 Å². The number of halogens is 2. The quantitative estimate of drug-likeness (QED) is 0.241. The minimum atomic E-state index is -0.492. The van der Waals surface area contributed by atoms with Crippen LogP contribution in [0.25, 0.3) is 0 Å². The molecule has 6 nitrogen and oxygen atoms in total. The molecule has 2 unspecified atom stereocenters. The topological polar surface area (TPSA) is 49.7 Å². The van der Waals surface area contributed by atoms with Crippen molar-refractivity contribution in [3.8, 4) is 5.75 Å². The zero-order valence-electron chi connectivity index (χ0n) is 22.4. The Morgan fingerprint density at radius 3 is 2.54 bits per heavy atom. The van der Waals surface area contributed by atoms with E-state index in [0.717, 1.165) is 57.3 Å². The van der Waals surface area contributed by atoms with Gasteiger partial charge in [-0.05, 0) is 68.9 Å². The van der Waals surface area contributed by atoms with Gasteiger partial charge < -0.3 is 14.4 Å². The number of piperidine rings is 1. The number of aliphatic imine (C=N–C) groups is 1. The highest BCUT2D eigenvalue weighted by Gasteiger charge is 2.43. The van der Waals surface area contributed by atoms with E-state index in [1.165, 1.54) is 31.4 Å². The van der Waals surface area contributed by atoms with Crippen LogP contribution in [0.2, 0.25) is 0 Å². The predicted molar refractivity (Wildman–Crippen MR) is 144 cm³/mol. The zero-order valence-corrected chi connectivity index (χ0v) is 22.4. The summed E-state index contributed by atoms with van der Waals surface area (Å²) >= 11 is 0. The van der Waals surface area contributed by atoms with Crippen LogP contribution in [0.4, 0.5) is 8.78 Å². The van der Waals surface area contributed by atoms with E-state index in [1.54, 1.807) is 19.5 Å². The van der Waals surface area contributed by atoms with Gasteiger partial charge in [0.1, 0.15) is 17.4 Å². The number of nitrogens with zero attached hydrogens (tertiary/aromatic N) is 4. The number of likely N-dealkylation sites (tertiary alicyclic amines) is 1. The standard InChI is InChI=1S/C29H42F2N4O2/c1-4-5-21-19-34(20-21)10-8-26-28(30)15-24(16-29(26)31)37-13-9-23-14-27(23)22-6-11-35(12-7-22)33-18-25(36-3)17-32-2/h15-18,21-23,27H,2,4-14,19-20H2,1,3H3/b25-17+,33-18-. The van der Waals surface area contributed by atoms with E-state index in [9.17, 15) is 8.78 Å². The van der Waals surface area contributed by atoms with Gasteiger partial charge in [0.2, 0.25) is 0 Å². The molecule has 0 radical (unpaired) electrons. The summed E-state index contributed by atoms with van der Waals surface area (Å²) in [7, 11) is 1.59. The van der Waals surface area contributed by atoms with Crippen molar-refractivity contribution in [3.63, 3.8) is 0 Å². The lowest BCUT2D eigenvalue weighted by Gasteiger charge is -2.39. The molecule has 1 saturated carbocycles. The molecule has 1 aromatic carbocycles. The summed E-state index contributed by atoms with van der Waals surface area (Å²) in [6.07, 6.45) is 10.5. The van der Waals surface area contributed by atoms with Crippen molar-refractivity contribution in [1.29, 1.82) is 0 Å². The maximum Gasteiger partial charge on any atom is 0.157 e. The molecule has 2 heterocycles. The maximum atomic E-state index is 14.6. The fraction of sp³-hybridized carbons (Fsp3) is 0.655. The van der Waals surface area contributed by atoms with Crippen LogP contribution in [0.5, 0.6) is 5.75 Å². The first-order valence-corrected chi connectivity index (χ1v) is 13.8. The summed E-state index contributed by atoms with van der Waals surface area (Å²) < 4.78 is 40.2. The lowest BCUT2D eigenvalue weighted by molar-refractivity contribution is 0.0948. The van der Waals surface area contributed by atoms with Crippen LogP contribution in [-0.2, 0) is 11.2 Å². The molecule has 1 aliphatic carbocycles. The molecule has 8 heteroatoms. The fourth-order valence-electron chi connectivity index (χ4n) is 5.93. The van der Waals surface area contributed by atoms with Crippen molar-refractivity contribution in [2.24, 2.45) is 33.8 Å². The van der Waals surface area contributed by atoms with Crippen molar-refractivity contribution in [2.75, 3.05) is 46.4 Å². The zero-order chi connectivity index (χ0) is 26.2. The first kappa shape index (κ1) is 27.6. The Morgan fingerprint density at radius 1 is 1.16 bits per heavy atom. The Kier molecular flexibility index (Phi) is 9.95. The van der Waals surface area contributed by atoms with Crippen LogP contribution < -0.4 is 4.74 Å². The maximum absolute atomic E-state index is 14.6. The molecule has 0 N–H and O–H groups in total. The average molecular weight is 517 g/mol. The number of hydrazone groups is 1. The summed E-state index contributed by atoms with van der Waals surface area (Å²) in [6.45, 7) is 10.8. The number of hydrogen-bond donors (Lipinski definition) is 0. The van der Waals surface area contributed by atoms with Gasteiger partial charge in [-0.15, -0.1) is 0 Å². The van der Waals surface area contributed by atoms with E-state index in [0.29, 0.717) is 42.9 Å². The molecular formula is C29H42F2N4O2. The fourth-order valence-corrected chi connectivity index (χ4v) is 5.93. The highest BCUT2D eigenvalue weighted by atomic mass is 19.1. The molecule has 3 fully saturated rings. The number of rotatable bonds is 14. The molecule has 37 heavy (non-hydrogen) atoms. The van der Waals surface area contributed by atoms with Crippen molar-refractivity contribution < 1.29 is 18.3 Å². The molecule has 0 aromatic heterocycles. The third-order valence-corrected chi connectivity index (χ3v) is 8.18. The Hall–Kier alpha value is -2.48. The van der Waals surface area contributed by atoms with Crippen molar-refractivity contribution >= 4 is 12.9 Å². The number of ether oxygens (including phenoxy) is 2. The Morgan fingerprint density at radius 2 is 1.89 bits per heavy atom. The second-order valence-corrected chi connectivity index (χ2v) is 10.8. The second-order valence-electron chi connectivity index (χ2n) is 10.8. The molecule has 0 bridgehead atoms. The van der Waals surface area contributed by atoms with E-state index in [4.69, 9.17) is 9.47 Å². The minimum absolute atomic E-state index is 0.177. The highest BCUT2D eigenvalue weighted by molar-refractivity contribution is 5.75. The first-order valence-electron chi connectivity index (χ1n) is 13.8. The largest absolute Gasteiger partial charge is 0.493 e. The third-order valence-electron chi connectivity index (χ3n) is 8.18. The Balaban J connectivity index is 1.13. The summed E-state index contributed by atoms with van der Waals surface area (Å²) in [5.41, 5.74) is 0.177. The molecule has 2 atom stereocenters. The summed E-state index contributed by atoms with van der Waals surface area (Å²) in [4.78, 5) is 5.99. The number of hydrogen-bond acceptors (Lipinski definition) is 6. The number of allylic oxidation sites excluding steroid dienone is 1. The van der Waals surface area contributed by atoms with Gasteiger partial charge in [0.05, 0.1) is 26.1 Å². The summed E-state index contributed by atoms with van der Waals surface area (Å²) in [5.74, 6) is 2.72. The van der Waals surface area contributed by atoms with Gasteiger partial charge in [-0.25, -0.2) is 8.78 Å². The van der Waals surface area contributed by atoms with Gasteiger partial charge in [-0.1, -0.05) is 13.3 Å². The molecule has 0 amide bonds. The molecule has 4 rings (SSSR count). The lowest BCUT2D eigenvalue weighted by Crippen LogP contribution is -2.47. The van der Waals surface area contributed by atoms with Gasteiger partial charge in [-0.2, -0.15) is 5.10 Å².